The van der Waals surface area contributed by atoms with Crippen molar-refractivity contribution in [3.63, 3.8) is 0 Å². The lowest BCUT2D eigenvalue weighted by Gasteiger charge is -2.21. The van der Waals surface area contributed by atoms with E-state index in [2.05, 4.69) is 11.9 Å². The molecule has 17 heavy (non-hydrogen) atoms. The maximum absolute atomic E-state index is 12.1. The highest BCUT2D eigenvalue weighted by atomic mass is 16.1. The molecule has 2 rings (SSSR count). The summed E-state index contributed by atoms with van der Waals surface area (Å²) in [5, 5.41) is 0. The first-order chi connectivity index (χ1) is 8.14. The maximum atomic E-state index is 12.1. The zero-order chi connectivity index (χ0) is 12.3. The van der Waals surface area contributed by atoms with Gasteiger partial charge >= 0.3 is 0 Å². The predicted octanol–water partition coefficient (Wildman–Crippen LogP) is 2.03. The van der Waals surface area contributed by atoms with E-state index in [0.717, 1.165) is 37.8 Å². The first-order valence-corrected chi connectivity index (χ1v) is 6.40. The normalized spacial score (nSPS) is 18.2. The number of nitrogens with zero attached hydrogens (tertiary/aromatic N) is 1. The second kappa shape index (κ2) is 4.96. The van der Waals surface area contributed by atoms with Crippen LogP contribution in [0.5, 0.6) is 0 Å². The Labute approximate surface area is 102 Å². The number of aromatic nitrogens is 1. The minimum atomic E-state index is -0.578. The fraction of sp³-hybridized carbons (Fsp3) is 0.571. The van der Waals surface area contributed by atoms with Crippen molar-refractivity contribution >= 4 is 5.78 Å². The third-order valence-electron chi connectivity index (χ3n) is 3.69. The highest BCUT2D eigenvalue weighted by Gasteiger charge is 2.36. The molecule has 1 aliphatic carbocycles. The largest absolute Gasteiger partial charge is 0.319 e. The number of hydrogen-bond acceptors (Lipinski definition) is 3. The number of Topliss-reactive ketones (excluding diaryl/α,β-unsaturated/α-hetero) is 1. The van der Waals surface area contributed by atoms with Gasteiger partial charge in [0.15, 0.2) is 5.78 Å². The van der Waals surface area contributed by atoms with E-state index in [4.69, 9.17) is 5.73 Å². The Morgan fingerprint density at radius 2 is 2.12 bits per heavy atom. The molecule has 1 fully saturated rings. The maximum Gasteiger partial charge on any atom is 0.158 e. The van der Waals surface area contributed by atoms with Gasteiger partial charge in [-0.15, -0.1) is 0 Å². The van der Waals surface area contributed by atoms with Gasteiger partial charge in [-0.05, 0) is 30.9 Å². The molecule has 0 saturated heterocycles. The monoisotopic (exact) mass is 232 g/mol. The van der Waals surface area contributed by atoms with Gasteiger partial charge in [0.25, 0.3) is 0 Å². The summed E-state index contributed by atoms with van der Waals surface area (Å²) in [5.74, 6) is 0.145. The highest BCUT2D eigenvalue weighted by molar-refractivity contribution is 5.90. The van der Waals surface area contributed by atoms with Crippen LogP contribution in [0.4, 0.5) is 0 Å². The molecule has 1 aromatic rings. The molecule has 1 aliphatic rings. The number of pyridine rings is 1. The summed E-state index contributed by atoms with van der Waals surface area (Å²) in [7, 11) is 0. The highest BCUT2D eigenvalue weighted by Crippen LogP contribution is 2.28. The van der Waals surface area contributed by atoms with Crippen LogP contribution in [-0.4, -0.2) is 16.3 Å². The molecule has 0 aromatic carbocycles. The Bertz CT molecular complexity index is 391. The van der Waals surface area contributed by atoms with Crippen LogP contribution in [0.3, 0.4) is 0 Å². The van der Waals surface area contributed by atoms with Gasteiger partial charge in [-0.25, -0.2) is 0 Å². The molecule has 1 heterocycles. The molecule has 92 valence electrons. The van der Waals surface area contributed by atoms with Gasteiger partial charge in [0.05, 0.1) is 12.0 Å². The molecule has 0 spiro atoms. The van der Waals surface area contributed by atoms with Gasteiger partial charge in [-0.3, -0.25) is 9.78 Å². The van der Waals surface area contributed by atoms with Crippen molar-refractivity contribution in [3.8, 4) is 0 Å². The summed E-state index contributed by atoms with van der Waals surface area (Å²) in [6.07, 6.45) is 7.01. The molecule has 0 aliphatic heterocycles. The quantitative estimate of drug-likeness (QED) is 0.864. The van der Waals surface area contributed by atoms with Crippen molar-refractivity contribution in [1.82, 2.24) is 4.98 Å². The van der Waals surface area contributed by atoms with Crippen molar-refractivity contribution in [2.45, 2.75) is 51.0 Å². The summed E-state index contributed by atoms with van der Waals surface area (Å²) >= 11 is 0. The SMILES string of the molecule is CCc1ccc(CC(=O)C2(N)CCCC2)nc1. The van der Waals surface area contributed by atoms with Crippen molar-refractivity contribution in [3.05, 3.63) is 29.6 Å². The minimum absolute atomic E-state index is 0.145. The molecule has 1 aromatic heterocycles. The zero-order valence-corrected chi connectivity index (χ0v) is 10.4. The summed E-state index contributed by atoms with van der Waals surface area (Å²) < 4.78 is 0. The van der Waals surface area contributed by atoms with Crippen molar-refractivity contribution < 1.29 is 4.79 Å². The fourth-order valence-corrected chi connectivity index (χ4v) is 2.39. The number of carbonyl (C=O) groups is 1. The van der Waals surface area contributed by atoms with E-state index in [-0.39, 0.29) is 5.78 Å². The molecule has 2 N–H and O–H groups in total. The first kappa shape index (κ1) is 12.2. The van der Waals surface area contributed by atoms with Crippen LogP contribution in [-0.2, 0) is 17.6 Å². The van der Waals surface area contributed by atoms with Crippen LogP contribution in [0.2, 0.25) is 0 Å². The van der Waals surface area contributed by atoms with E-state index >= 15 is 0 Å². The number of nitrogens with two attached hydrogens (primary N) is 1. The van der Waals surface area contributed by atoms with Crippen LogP contribution in [0, 0.1) is 0 Å². The van der Waals surface area contributed by atoms with E-state index in [9.17, 15) is 4.79 Å². The van der Waals surface area contributed by atoms with E-state index in [1.165, 1.54) is 5.56 Å². The van der Waals surface area contributed by atoms with Crippen molar-refractivity contribution in [2.24, 2.45) is 5.73 Å². The lowest BCUT2D eigenvalue weighted by molar-refractivity contribution is -0.123. The van der Waals surface area contributed by atoms with Gasteiger partial charge in [0.2, 0.25) is 0 Å². The molecule has 1 saturated carbocycles. The third kappa shape index (κ3) is 2.72. The standard InChI is InChI=1S/C14H20N2O/c1-2-11-5-6-12(16-10-11)9-13(17)14(15)7-3-4-8-14/h5-6,10H,2-4,7-9,15H2,1H3. The Morgan fingerprint density at radius 1 is 1.41 bits per heavy atom. The van der Waals surface area contributed by atoms with Crippen LogP contribution in [0.1, 0.15) is 43.9 Å². The van der Waals surface area contributed by atoms with Gasteiger partial charge < -0.3 is 5.73 Å². The minimum Gasteiger partial charge on any atom is -0.319 e. The predicted molar refractivity (Wildman–Crippen MR) is 67.7 cm³/mol. The smallest absolute Gasteiger partial charge is 0.158 e. The molecular weight excluding hydrogens is 212 g/mol. The van der Waals surface area contributed by atoms with Gasteiger partial charge in [0.1, 0.15) is 0 Å². The Balaban J connectivity index is 2.02. The Kier molecular flexibility index (Phi) is 3.57. The van der Waals surface area contributed by atoms with Crippen molar-refractivity contribution in [1.29, 1.82) is 0 Å². The molecular formula is C14H20N2O. The average molecular weight is 232 g/mol. The van der Waals surface area contributed by atoms with Crippen LogP contribution in [0.25, 0.3) is 0 Å². The topological polar surface area (TPSA) is 56.0 Å². The zero-order valence-electron chi connectivity index (χ0n) is 10.4. The molecule has 3 nitrogen and oxygen atoms in total. The Morgan fingerprint density at radius 3 is 2.65 bits per heavy atom. The lowest BCUT2D eigenvalue weighted by atomic mass is 9.90. The van der Waals surface area contributed by atoms with Gasteiger partial charge in [-0.1, -0.05) is 25.8 Å². The average Bonchev–Trinajstić information content (AvgIpc) is 2.78. The molecule has 0 amide bonds. The molecule has 0 atom stereocenters. The van der Waals surface area contributed by atoms with E-state index < -0.39 is 5.54 Å². The number of aryl methyl sites for hydroxylation is 1. The van der Waals surface area contributed by atoms with Crippen LogP contribution in [0.15, 0.2) is 18.3 Å². The number of carbonyl (C=O) groups excluding carboxylic acids is 1. The molecule has 0 bridgehead atoms. The van der Waals surface area contributed by atoms with E-state index in [1.54, 1.807) is 0 Å². The molecule has 3 heteroatoms. The summed E-state index contributed by atoms with van der Waals surface area (Å²) in [6, 6.07) is 3.97. The fourth-order valence-electron chi connectivity index (χ4n) is 2.39. The molecule has 0 radical (unpaired) electrons. The van der Waals surface area contributed by atoms with Gasteiger partial charge in [0, 0.05) is 11.9 Å². The van der Waals surface area contributed by atoms with Gasteiger partial charge in [-0.2, -0.15) is 0 Å². The first-order valence-electron chi connectivity index (χ1n) is 6.40. The second-order valence-electron chi connectivity index (χ2n) is 4.97. The molecule has 0 unspecified atom stereocenters. The summed E-state index contributed by atoms with van der Waals surface area (Å²) in [4.78, 5) is 16.4. The number of ketones is 1. The summed E-state index contributed by atoms with van der Waals surface area (Å²) in [5.41, 5.74) is 7.59. The number of hydrogen-bond donors (Lipinski definition) is 1. The Hall–Kier alpha value is -1.22. The van der Waals surface area contributed by atoms with Crippen LogP contribution >= 0.6 is 0 Å². The van der Waals surface area contributed by atoms with Crippen molar-refractivity contribution in [2.75, 3.05) is 0 Å². The second-order valence-corrected chi connectivity index (χ2v) is 4.97. The third-order valence-corrected chi connectivity index (χ3v) is 3.69. The van der Waals surface area contributed by atoms with Crippen LogP contribution < -0.4 is 5.73 Å². The summed E-state index contributed by atoms with van der Waals surface area (Å²) in [6.45, 7) is 2.09. The lowest BCUT2D eigenvalue weighted by Crippen LogP contribution is -2.46. The number of rotatable bonds is 4. The van der Waals surface area contributed by atoms with E-state index in [0.29, 0.717) is 6.42 Å². The van der Waals surface area contributed by atoms with E-state index in [1.807, 2.05) is 18.3 Å².